The Hall–Kier alpha value is 0.160. The molecule has 0 heterocycles. The number of alkyl halides is 1. The number of aliphatic hydroxyl groups is 1. The fourth-order valence-corrected chi connectivity index (χ4v) is 0.817. The highest BCUT2D eigenvalue weighted by molar-refractivity contribution is 14.1. The molecule has 2 N–H and O–H groups in total. The van der Waals surface area contributed by atoms with Crippen LogP contribution in [0, 0.1) is 0 Å². The van der Waals surface area contributed by atoms with Crippen molar-refractivity contribution >= 4 is 28.6 Å². The fraction of sp³-hybridized carbons (Fsp3) is 0.750. The Kier molecular flexibility index (Phi) is 4.16. The summed E-state index contributed by atoms with van der Waals surface area (Å²) in [7, 11) is 0. The molecule has 0 aromatic heterocycles. The van der Waals surface area contributed by atoms with E-state index in [-0.39, 0.29) is 0 Å². The average Bonchev–Trinajstić information content (AvgIpc) is 1.67. The summed E-state index contributed by atoms with van der Waals surface area (Å²) < 4.78 is 0.672. The molecule has 0 aliphatic rings. The van der Waals surface area contributed by atoms with Gasteiger partial charge in [0.2, 0.25) is 0 Å². The van der Waals surface area contributed by atoms with Crippen molar-refractivity contribution in [2.45, 2.75) is 12.5 Å². The largest absolute Gasteiger partial charge is 0.479 e. The molecule has 0 bridgehead atoms. The Bertz CT molecular complexity index is 83.4. The number of carboxylic acid groups (broad SMARTS) is 1. The van der Waals surface area contributed by atoms with E-state index in [0.717, 1.165) is 0 Å². The minimum atomic E-state index is -1.17. The van der Waals surface area contributed by atoms with E-state index in [1.54, 1.807) is 0 Å². The highest BCUT2D eigenvalue weighted by Gasteiger charge is 2.10. The van der Waals surface area contributed by atoms with E-state index in [2.05, 4.69) is 0 Å². The van der Waals surface area contributed by atoms with Crippen LogP contribution in [0.25, 0.3) is 0 Å². The summed E-state index contributed by atoms with van der Waals surface area (Å²) in [6, 6.07) is 0. The van der Waals surface area contributed by atoms with Crippen LogP contribution < -0.4 is 0 Å². The van der Waals surface area contributed by atoms with Gasteiger partial charge in [0, 0.05) is 4.43 Å². The number of aliphatic hydroxyl groups excluding tert-OH is 1. The fourth-order valence-electron chi connectivity index (χ4n) is 0.227. The quantitative estimate of drug-likeness (QED) is 0.540. The smallest absolute Gasteiger partial charge is 0.332 e. The molecule has 3 nitrogen and oxygen atoms in total. The number of hydrogen-bond acceptors (Lipinski definition) is 2. The monoisotopic (exact) mass is 230 g/mol. The zero-order valence-electron chi connectivity index (χ0n) is 4.17. The van der Waals surface area contributed by atoms with E-state index in [1.807, 2.05) is 22.6 Å². The summed E-state index contributed by atoms with van der Waals surface area (Å²) in [5.74, 6) is -1.14. The highest BCUT2D eigenvalue weighted by atomic mass is 127. The van der Waals surface area contributed by atoms with Gasteiger partial charge in [0.1, 0.15) is 0 Å². The van der Waals surface area contributed by atoms with Gasteiger partial charge in [-0.25, -0.2) is 4.79 Å². The van der Waals surface area contributed by atoms with E-state index in [0.29, 0.717) is 10.8 Å². The maximum Gasteiger partial charge on any atom is 0.332 e. The first-order valence-corrected chi connectivity index (χ1v) is 3.68. The maximum atomic E-state index is 9.84. The molecule has 1 atom stereocenters. The third-order valence-corrected chi connectivity index (χ3v) is 1.29. The third-order valence-electron chi connectivity index (χ3n) is 0.668. The number of carbonyl (C=O) groups is 1. The van der Waals surface area contributed by atoms with Gasteiger partial charge in [-0.15, -0.1) is 0 Å². The third kappa shape index (κ3) is 3.20. The number of halogens is 1. The van der Waals surface area contributed by atoms with Crippen molar-refractivity contribution in [2.24, 2.45) is 0 Å². The van der Waals surface area contributed by atoms with Crippen LogP contribution in [0.4, 0.5) is 0 Å². The molecule has 4 heteroatoms. The topological polar surface area (TPSA) is 57.5 Å². The summed E-state index contributed by atoms with van der Waals surface area (Å²) in [5.41, 5.74) is 0. The lowest BCUT2D eigenvalue weighted by atomic mass is 10.3. The highest BCUT2D eigenvalue weighted by Crippen LogP contribution is 1.94. The van der Waals surface area contributed by atoms with Crippen molar-refractivity contribution in [1.82, 2.24) is 0 Å². The molecule has 0 unspecified atom stereocenters. The normalized spacial score (nSPS) is 13.2. The first-order chi connectivity index (χ1) is 3.68. The second-order valence-corrected chi connectivity index (χ2v) is 2.41. The predicted molar refractivity (Wildman–Crippen MR) is 37.1 cm³/mol. The average molecular weight is 230 g/mol. The van der Waals surface area contributed by atoms with Gasteiger partial charge in [0.15, 0.2) is 6.10 Å². The lowest BCUT2D eigenvalue weighted by Crippen LogP contribution is -2.19. The van der Waals surface area contributed by atoms with Gasteiger partial charge in [-0.3, -0.25) is 0 Å². The van der Waals surface area contributed by atoms with Crippen molar-refractivity contribution in [3.8, 4) is 0 Å². The van der Waals surface area contributed by atoms with E-state index >= 15 is 0 Å². The lowest BCUT2D eigenvalue weighted by Gasteiger charge is -1.98. The first kappa shape index (κ1) is 8.16. The predicted octanol–water partition coefficient (Wildman–Crippen LogP) is 0.257. The van der Waals surface area contributed by atoms with E-state index in [1.165, 1.54) is 0 Å². The molecule has 0 saturated heterocycles. The Labute approximate surface area is 60.8 Å². The molecule has 0 spiro atoms. The van der Waals surface area contributed by atoms with E-state index in [4.69, 9.17) is 10.2 Å². The number of aliphatic carboxylic acids is 1. The molecular formula is C4H7IO3. The van der Waals surface area contributed by atoms with Crippen molar-refractivity contribution in [3.05, 3.63) is 0 Å². The summed E-state index contributed by atoms with van der Waals surface area (Å²) in [6.45, 7) is 0. The number of hydrogen-bond donors (Lipinski definition) is 2. The molecule has 0 aromatic carbocycles. The van der Waals surface area contributed by atoms with Crippen LogP contribution in [0.2, 0.25) is 0 Å². The summed E-state index contributed by atoms with van der Waals surface area (Å²) in [6.07, 6.45) is -0.845. The molecule has 0 saturated carbocycles. The summed E-state index contributed by atoms with van der Waals surface area (Å²) in [4.78, 5) is 9.84. The van der Waals surface area contributed by atoms with Gasteiger partial charge in [-0.2, -0.15) is 0 Å². The number of rotatable bonds is 3. The zero-order valence-corrected chi connectivity index (χ0v) is 6.33. The first-order valence-electron chi connectivity index (χ1n) is 2.15. The van der Waals surface area contributed by atoms with Crippen LogP contribution in [-0.4, -0.2) is 26.7 Å². The minimum Gasteiger partial charge on any atom is -0.479 e. The van der Waals surface area contributed by atoms with Gasteiger partial charge >= 0.3 is 5.97 Å². The molecule has 0 aliphatic heterocycles. The van der Waals surface area contributed by atoms with Crippen LogP contribution in [-0.2, 0) is 4.79 Å². The van der Waals surface area contributed by atoms with Crippen LogP contribution in [0.1, 0.15) is 6.42 Å². The minimum absolute atomic E-state index is 0.329. The second-order valence-electron chi connectivity index (χ2n) is 1.33. The Morgan fingerprint density at radius 2 is 2.25 bits per heavy atom. The van der Waals surface area contributed by atoms with Crippen molar-refractivity contribution in [3.63, 3.8) is 0 Å². The van der Waals surface area contributed by atoms with Gasteiger partial charge < -0.3 is 10.2 Å². The summed E-state index contributed by atoms with van der Waals surface area (Å²) in [5, 5.41) is 16.6. The van der Waals surface area contributed by atoms with Crippen molar-refractivity contribution < 1.29 is 15.0 Å². The van der Waals surface area contributed by atoms with Crippen LogP contribution in [0.15, 0.2) is 0 Å². The van der Waals surface area contributed by atoms with Crippen LogP contribution >= 0.6 is 22.6 Å². The van der Waals surface area contributed by atoms with Crippen molar-refractivity contribution in [2.75, 3.05) is 4.43 Å². The van der Waals surface area contributed by atoms with E-state index < -0.39 is 12.1 Å². The van der Waals surface area contributed by atoms with Crippen LogP contribution in [0.5, 0.6) is 0 Å². The maximum absolute atomic E-state index is 9.84. The molecule has 48 valence electrons. The Balaban J connectivity index is 3.32. The zero-order chi connectivity index (χ0) is 6.57. The molecule has 0 aliphatic carbocycles. The van der Waals surface area contributed by atoms with Crippen LogP contribution in [0.3, 0.4) is 0 Å². The van der Waals surface area contributed by atoms with Gasteiger partial charge in [-0.05, 0) is 6.42 Å². The molecule has 0 amide bonds. The molecular weight excluding hydrogens is 223 g/mol. The SMILES string of the molecule is O=C(O)[C@@H](O)CCI. The second kappa shape index (κ2) is 4.08. The van der Waals surface area contributed by atoms with Gasteiger partial charge in [-0.1, -0.05) is 22.6 Å². The molecule has 0 fully saturated rings. The molecule has 0 rings (SSSR count). The molecule has 8 heavy (non-hydrogen) atoms. The van der Waals surface area contributed by atoms with Crippen molar-refractivity contribution in [1.29, 1.82) is 0 Å². The van der Waals surface area contributed by atoms with Gasteiger partial charge in [0.25, 0.3) is 0 Å². The molecule has 0 aromatic rings. The Morgan fingerprint density at radius 1 is 1.75 bits per heavy atom. The van der Waals surface area contributed by atoms with E-state index in [9.17, 15) is 4.79 Å². The number of carboxylic acids is 1. The van der Waals surface area contributed by atoms with Gasteiger partial charge in [0.05, 0.1) is 0 Å². The summed E-state index contributed by atoms with van der Waals surface area (Å²) >= 11 is 2.01. The lowest BCUT2D eigenvalue weighted by molar-refractivity contribution is -0.146. The molecule has 0 radical (unpaired) electrons. The standard InChI is InChI=1S/C4H7IO3/c5-2-1-3(6)4(7)8/h3,6H,1-2H2,(H,7,8)/t3-/m0/s1. The Morgan fingerprint density at radius 3 is 2.38 bits per heavy atom.